The summed E-state index contributed by atoms with van der Waals surface area (Å²) in [5.41, 5.74) is 0.455. The molecule has 2 aromatic rings. The molecule has 1 N–H and O–H groups in total. The van der Waals surface area contributed by atoms with Crippen LogP contribution in [-0.4, -0.2) is 51.9 Å². The van der Waals surface area contributed by atoms with Gasteiger partial charge in [0.15, 0.2) is 12.6 Å². The average Bonchev–Trinajstić information content (AvgIpc) is 3.48. The Labute approximate surface area is 234 Å². The second-order valence-electron chi connectivity index (χ2n) is 13.4. The number of aliphatic hydroxyl groups is 1. The lowest BCUT2D eigenvalue weighted by Gasteiger charge is -2.63. The molecule has 0 aromatic heterocycles. The lowest BCUT2D eigenvalue weighted by Crippen LogP contribution is -2.68. The fourth-order valence-electron chi connectivity index (χ4n) is 8.27. The molecule has 3 heterocycles. The van der Waals surface area contributed by atoms with Gasteiger partial charge >= 0.3 is 0 Å². The summed E-state index contributed by atoms with van der Waals surface area (Å²) in [6.07, 6.45) is 3.75. The van der Waals surface area contributed by atoms with Crippen molar-refractivity contribution < 1.29 is 23.7 Å². The predicted molar refractivity (Wildman–Crippen MR) is 155 cm³/mol. The SMILES string of the molecule is C[C@@H]1CC[C@]23C(=C[C@H](C[C@@H]2CO[Si](c2ccccc2)(c2ccccc2)C(C)(C)C)OC3O)[C@@]1(C)C1OCCO1. The van der Waals surface area contributed by atoms with Crippen LogP contribution in [0.2, 0.25) is 5.04 Å². The van der Waals surface area contributed by atoms with Crippen molar-refractivity contribution in [1.82, 2.24) is 0 Å². The monoisotopic (exact) mass is 548 g/mol. The van der Waals surface area contributed by atoms with E-state index in [-0.39, 0.29) is 28.8 Å². The number of hydrogen-bond acceptors (Lipinski definition) is 5. The molecule has 3 aliphatic heterocycles. The van der Waals surface area contributed by atoms with Gasteiger partial charge in [-0.1, -0.05) is 101 Å². The summed E-state index contributed by atoms with van der Waals surface area (Å²) >= 11 is 0. The first-order chi connectivity index (χ1) is 18.6. The minimum Gasteiger partial charge on any atom is -0.407 e. The number of ether oxygens (including phenoxy) is 3. The average molecular weight is 549 g/mol. The van der Waals surface area contributed by atoms with E-state index in [1.165, 1.54) is 15.9 Å². The Morgan fingerprint density at radius 3 is 2.13 bits per heavy atom. The first kappa shape index (κ1) is 27.4. The second-order valence-corrected chi connectivity index (χ2v) is 17.7. The van der Waals surface area contributed by atoms with Gasteiger partial charge in [0.2, 0.25) is 0 Å². The van der Waals surface area contributed by atoms with Gasteiger partial charge in [-0.2, -0.15) is 0 Å². The van der Waals surface area contributed by atoms with E-state index in [0.717, 1.165) is 19.3 Å². The van der Waals surface area contributed by atoms with Crippen LogP contribution in [0.4, 0.5) is 0 Å². The molecule has 2 bridgehead atoms. The van der Waals surface area contributed by atoms with Crippen LogP contribution in [0.3, 0.4) is 0 Å². The maximum Gasteiger partial charge on any atom is 0.261 e. The molecule has 0 amide bonds. The zero-order chi connectivity index (χ0) is 27.5. The van der Waals surface area contributed by atoms with E-state index < -0.39 is 20.0 Å². The lowest BCUT2D eigenvalue weighted by atomic mass is 9.47. The lowest BCUT2D eigenvalue weighted by molar-refractivity contribution is -0.271. The third kappa shape index (κ3) is 4.05. The first-order valence-electron chi connectivity index (χ1n) is 14.7. The van der Waals surface area contributed by atoms with Gasteiger partial charge in [0, 0.05) is 17.4 Å². The van der Waals surface area contributed by atoms with Crippen LogP contribution < -0.4 is 10.4 Å². The van der Waals surface area contributed by atoms with Gasteiger partial charge in [-0.25, -0.2) is 0 Å². The number of benzene rings is 2. The highest BCUT2D eigenvalue weighted by molar-refractivity contribution is 6.99. The summed E-state index contributed by atoms with van der Waals surface area (Å²) in [6.45, 7) is 13.4. The van der Waals surface area contributed by atoms with Crippen LogP contribution in [0.5, 0.6) is 0 Å². The molecule has 6 heteroatoms. The molecule has 0 radical (unpaired) electrons. The van der Waals surface area contributed by atoms with Gasteiger partial charge in [0.05, 0.1) is 19.3 Å². The van der Waals surface area contributed by atoms with E-state index >= 15 is 0 Å². The molecule has 1 saturated carbocycles. The summed E-state index contributed by atoms with van der Waals surface area (Å²) in [5.74, 6) is 0.517. The molecule has 210 valence electrons. The summed E-state index contributed by atoms with van der Waals surface area (Å²) < 4.78 is 26.0. The Morgan fingerprint density at radius 2 is 1.56 bits per heavy atom. The van der Waals surface area contributed by atoms with Crippen molar-refractivity contribution in [2.75, 3.05) is 19.8 Å². The molecule has 7 rings (SSSR count). The number of fused-ring (bicyclic) bond motifs is 2. The molecular formula is C33H44O5Si. The maximum absolute atomic E-state index is 11.7. The molecule has 3 fully saturated rings. The highest BCUT2D eigenvalue weighted by Gasteiger charge is 2.65. The van der Waals surface area contributed by atoms with Gasteiger partial charge in [-0.15, -0.1) is 0 Å². The smallest absolute Gasteiger partial charge is 0.261 e. The third-order valence-corrected chi connectivity index (χ3v) is 15.5. The Morgan fingerprint density at radius 1 is 0.974 bits per heavy atom. The van der Waals surface area contributed by atoms with Crippen molar-refractivity contribution >= 4 is 18.7 Å². The van der Waals surface area contributed by atoms with E-state index in [4.69, 9.17) is 18.6 Å². The van der Waals surface area contributed by atoms with Gasteiger partial charge < -0.3 is 23.7 Å². The Balaban J connectivity index is 1.41. The molecule has 6 atom stereocenters. The molecular weight excluding hydrogens is 504 g/mol. The van der Waals surface area contributed by atoms with Crippen molar-refractivity contribution in [2.45, 2.75) is 77.6 Å². The summed E-state index contributed by atoms with van der Waals surface area (Å²) in [6, 6.07) is 21.7. The summed E-state index contributed by atoms with van der Waals surface area (Å²) in [7, 11) is -2.71. The van der Waals surface area contributed by atoms with Gasteiger partial charge in [-0.05, 0) is 52.1 Å². The number of aliphatic hydroxyl groups excluding tert-OH is 1. The Bertz CT molecular complexity index is 1150. The molecule has 2 aliphatic carbocycles. The predicted octanol–water partition coefficient (Wildman–Crippen LogP) is 5.02. The minimum atomic E-state index is -2.71. The molecule has 5 aliphatic rings. The molecule has 1 unspecified atom stereocenters. The molecule has 1 spiro atoms. The molecule has 39 heavy (non-hydrogen) atoms. The van der Waals surface area contributed by atoms with Crippen molar-refractivity contribution in [3.8, 4) is 0 Å². The van der Waals surface area contributed by atoms with Gasteiger partial charge in [0.25, 0.3) is 8.32 Å². The van der Waals surface area contributed by atoms with Crippen molar-refractivity contribution in [2.24, 2.45) is 22.7 Å². The van der Waals surface area contributed by atoms with Gasteiger partial charge in [-0.3, -0.25) is 0 Å². The normalized spacial score (nSPS) is 35.1. The van der Waals surface area contributed by atoms with Crippen molar-refractivity contribution in [1.29, 1.82) is 0 Å². The van der Waals surface area contributed by atoms with Crippen LogP contribution in [0, 0.1) is 22.7 Å². The zero-order valence-corrected chi connectivity index (χ0v) is 25.1. The molecule has 2 aromatic carbocycles. The summed E-state index contributed by atoms with van der Waals surface area (Å²) in [4.78, 5) is 0. The third-order valence-electron chi connectivity index (χ3n) is 10.5. The zero-order valence-electron chi connectivity index (χ0n) is 24.1. The fraction of sp³-hybridized carbons (Fsp3) is 0.576. The summed E-state index contributed by atoms with van der Waals surface area (Å²) in [5, 5.41) is 14.1. The number of hydrogen-bond donors (Lipinski definition) is 1. The van der Waals surface area contributed by atoms with Crippen LogP contribution in [0.25, 0.3) is 0 Å². The van der Waals surface area contributed by atoms with E-state index in [1.54, 1.807) is 0 Å². The van der Waals surface area contributed by atoms with Crippen LogP contribution >= 0.6 is 0 Å². The van der Waals surface area contributed by atoms with Crippen molar-refractivity contribution in [3.63, 3.8) is 0 Å². The standard InChI is InChI=1S/C33H44O5Si/c1-23-16-17-33-24(20-25(38-29(33)34)21-28(33)32(23,5)30-35-18-19-36-30)22-37-39(31(2,3)4,26-12-8-6-9-13-26)27-14-10-7-11-15-27/h6-15,21,23-25,29-30,34H,16-20,22H2,1-5H3/t23-,24-,25+,29?,32+,33-/m1/s1. The first-order valence-corrected chi connectivity index (χ1v) is 16.6. The quantitative estimate of drug-likeness (QED) is 0.406. The van der Waals surface area contributed by atoms with Crippen LogP contribution in [-0.2, 0) is 18.6 Å². The highest BCUT2D eigenvalue weighted by Crippen LogP contribution is 2.65. The highest BCUT2D eigenvalue weighted by atomic mass is 28.4. The maximum atomic E-state index is 11.7. The van der Waals surface area contributed by atoms with Crippen molar-refractivity contribution in [3.05, 3.63) is 72.3 Å². The van der Waals surface area contributed by atoms with E-state index in [9.17, 15) is 5.11 Å². The van der Waals surface area contributed by atoms with Crippen LogP contribution in [0.1, 0.15) is 53.9 Å². The van der Waals surface area contributed by atoms with E-state index in [0.29, 0.717) is 25.7 Å². The topological polar surface area (TPSA) is 57.2 Å². The fourth-order valence-corrected chi connectivity index (χ4v) is 12.9. The Kier molecular flexibility index (Phi) is 6.97. The second kappa shape index (κ2) is 9.93. The van der Waals surface area contributed by atoms with E-state index in [1.807, 2.05) is 0 Å². The largest absolute Gasteiger partial charge is 0.407 e. The number of rotatable bonds is 6. The molecule has 2 saturated heterocycles. The van der Waals surface area contributed by atoms with Gasteiger partial charge in [0.1, 0.15) is 0 Å². The Hall–Kier alpha value is -1.80. The molecule has 5 nitrogen and oxygen atoms in total. The van der Waals surface area contributed by atoms with Crippen LogP contribution in [0.15, 0.2) is 72.3 Å². The van der Waals surface area contributed by atoms with E-state index in [2.05, 4.69) is 101 Å². The minimum absolute atomic E-state index is 0.101.